The molecule has 160 valence electrons. The van der Waals surface area contributed by atoms with Crippen molar-refractivity contribution in [1.29, 1.82) is 0 Å². The van der Waals surface area contributed by atoms with Crippen molar-refractivity contribution in [2.45, 2.75) is 42.7 Å². The third-order valence-corrected chi connectivity index (χ3v) is 6.87. The number of amides is 1. The van der Waals surface area contributed by atoms with Crippen LogP contribution in [-0.4, -0.2) is 39.1 Å². The highest BCUT2D eigenvalue weighted by molar-refractivity contribution is 8.01. The van der Waals surface area contributed by atoms with E-state index >= 15 is 0 Å². The van der Waals surface area contributed by atoms with E-state index < -0.39 is 23.2 Å². The number of carbonyl (C=O) groups is 3. The first kappa shape index (κ1) is 21.2. The van der Waals surface area contributed by atoms with Crippen LogP contribution in [0.5, 0.6) is 0 Å². The van der Waals surface area contributed by atoms with Crippen molar-refractivity contribution < 1.29 is 23.9 Å². The number of allylic oxidation sites excluding steroid dienone is 1. The molecule has 4 rings (SSSR count). The van der Waals surface area contributed by atoms with Crippen molar-refractivity contribution in [2.24, 2.45) is 0 Å². The number of ether oxygens (including phenoxy) is 2. The Morgan fingerprint density at radius 3 is 2.19 bits per heavy atom. The van der Waals surface area contributed by atoms with Crippen LogP contribution in [0.3, 0.4) is 0 Å². The normalized spacial score (nSPS) is 24.7. The molecular formula is C24H23NO5S. The predicted molar refractivity (Wildman–Crippen MR) is 117 cm³/mol. The number of carbonyl (C=O) groups excluding carboxylic acids is 3. The number of thioether (sulfide) groups is 1. The van der Waals surface area contributed by atoms with E-state index in [1.165, 1.54) is 24.8 Å². The van der Waals surface area contributed by atoms with Gasteiger partial charge in [-0.3, -0.25) is 14.5 Å². The van der Waals surface area contributed by atoms with Crippen LogP contribution in [0.2, 0.25) is 0 Å². The monoisotopic (exact) mass is 437 g/mol. The first-order valence-corrected chi connectivity index (χ1v) is 10.9. The fraction of sp³-hybridized carbons (Fsp3) is 0.292. The molecule has 0 spiro atoms. The Labute approximate surface area is 185 Å². The van der Waals surface area contributed by atoms with Crippen LogP contribution in [0, 0.1) is 0 Å². The van der Waals surface area contributed by atoms with E-state index in [4.69, 9.17) is 9.47 Å². The molecule has 0 N–H and O–H groups in total. The second kappa shape index (κ2) is 8.59. The van der Waals surface area contributed by atoms with Gasteiger partial charge in [0.1, 0.15) is 0 Å². The predicted octanol–water partition coefficient (Wildman–Crippen LogP) is 4.46. The summed E-state index contributed by atoms with van der Waals surface area (Å²) in [5.41, 5.74) is 1.62. The van der Waals surface area contributed by atoms with E-state index in [1.807, 2.05) is 67.6 Å². The number of hydrogen-bond acceptors (Lipinski definition) is 6. The number of rotatable bonds is 6. The molecule has 0 aromatic heterocycles. The number of β-lactam (4-membered cyclic amide) rings is 1. The van der Waals surface area contributed by atoms with Gasteiger partial charge in [0.2, 0.25) is 5.91 Å². The van der Waals surface area contributed by atoms with Crippen LogP contribution in [0.4, 0.5) is 4.79 Å². The Hall–Kier alpha value is -3.06. The van der Waals surface area contributed by atoms with Gasteiger partial charge in [-0.25, -0.2) is 4.79 Å². The molecule has 2 heterocycles. The fourth-order valence-electron chi connectivity index (χ4n) is 3.79. The minimum absolute atomic E-state index is 0.0778. The minimum atomic E-state index is -0.869. The van der Waals surface area contributed by atoms with Gasteiger partial charge in [-0.05, 0) is 31.1 Å². The molecule has 0 unspecified atom stereocenters. The Balaban J connectivity index is 1.56. The van der Waals surface area contributed by atoms with Crippen molar-refractivity contribution in [3.05, 3.63) is 83.9 Å². The minimum Gasteiger partial charge on any atom is -0.421 e. The number of nitrogens with zero attached hydrogens (tertiary/aromatic N) is 1. The summed E-state index contributed by atoms with van der Waals surface area (Å²) in [7, 11) is 0. The molecule has 7 heteroatoms. The highest BCUT2D eigenvalue weighted by Gasteiger charge is 2.59. The molecule has 2 aromatic rings. The molecule has 0 saturated carbocycles. The van der Waals surface area contributed by atoms with Crippen LogP contribution in [0.1, 0.15) is 37.5 Å². The average Bonchev–Trinajstić information content (AvgIpc) is 2.98. The number of hydrogen-bond donors (Lipinski definition) is 0. The highest BCUT2D eigenvalue weighted by atomic mass is 32.2. The molecule has 0 aliphatic carbocycles. The molecule has 0 radical (unpaired) electrons. The lowest BCUT2D eigenvalue weighted by molar-refractivity contribution is -0.157. The van der Waals surface area contributed by atoms with Crippen LogP contribution in [0.25, 0.3) is 0 Å². The lowest BCUT2D eigenvalue weighted by Gasteiger charge is -2.37. The summed E-state index contributed by atoms with van der Waals surface area (Å²) in [5, 5.41) is -0.0778. The summed E-state index contributed by atoms with van der Waals surface area (Å²) < 4.78 is 10.7. The van der Waals surface area contributed by atoms with Gasteiger partial charge in [0.05, 0.1) is 16.5 Å². The van der Waals surface area contributed by atoms with E-state index in [1.54, 1.807) is 11.0 Å². The van der Waals surface area contributed by atoms with Gasteiger partial charge in [-0.1, -0.05) is 66.7 Å². The van der Waals surface area contributed by atoms with E-state index in [9.17, 15) is 14.4 Å². The van der Waals surface area contributed by atoms with Gasteiger partial charge in [-0.15, -0.1) is 11.8 Å². The van der Waals surface area contributed by atoms with Crippen LogP contribution in [0.15, 0.2) is 72.8 Å². The summed E-state index contributed by atoms with van der Waals surface area (Å²) in [6.07, 6.45) is 1.17. The maximum Gasteiger partial charge on any atom is 0.511 e. The van der Waals surface area contributed by atoms with Crippen molar-refractivity contribution in [3.63, 3.8) is 0 Å². The van der Waals surface area contributed by atoms with E-state index in [2.05, 4.69) is 0 Å². The molecule has 31 heavy (non-hydrogen) atoms. The second-order valence-electron chi connectivity index (χ2n) is 7.74. The smallest absolute Gasteiger partial charge is 0.421 e. The maximum atomic E-state index is 12.9. The Morgan fingerprint density at radius 1 is 1.10 bits per heavy atom. The highest BCUT2D eigenvalue weighted by Crippen LogP contribution is 2.52. The van der Waals surface area contributed by atoms with Gasteiger partial charge < -0.3 is 9.47 Å². The molecule has 1 amide bonds. The third kappa shape index (κ3) is 4.37. The van der Waals surface area contributed by atoms with E-state index in [0.29, 0.717) is 6.42 Å². The third-order valence-electron chi connectivity index (χ3n) is 5.36. The van der Waals surface area contributed by atoms with Crippen LogP contribution >= 0.6 is 11.8 Å². The van der Waals surface area contributed by atoms with Crippen molar-refractivity contribution in [3.8, 4) is 0 Å². The van der Waals surface area contributed by atoms with Gasteiger partial charge in [0.25, 0.3) is 0 Å². The second-order valence-corrected chi connectivity index (χ2v) is 9.40. The van der Waals surface area contributed by atoms with Crippen molar-refractivity contribution in [1.82, 2.24) is 4.90 Å². The summed E-state index contributed by atoms with van der Waals surface area (Å²) in [6.45, 7) is 3.31. The van der Waals surface area contributed by atoms with Crippen LogP contribution in [-0.2, 0) is 19.1 Å². The van der Waals surface area contributed by atoms with Gasteiger partial charge in [0.15, 0.2) is 18.1 Å². The molecule has 2 aromatic carbocycles. The molecule has 3 atom stereocenters. The fourth-order valence-corrected chi connectivity index (χ4v) is 5.37. The lowest BCUT2D eigenvalue weighted by Crippen LogP contribution is -2.55. The van der Waals surface area contributed by atoms with E-state index in [0.717, 1.165) is 11.1 Å². The number of benzene rings is 2. The van der Waals surface area contributed by atoms with Crippen LogP contribution < -0.4 is 0 Å². The summed E-state index contributed by atoms with van der Waals surface area (Å²) in [5.74, 6) is -0.199. The maximum absolute atomic E-state index is 12.9. The van der Waals surface area contributed by atoms with Gasteiger partial charge in [0, 0.05) is 0 Å². The van der Waals surface area contributed by atoms with E-state index in [-0.39, 0.29) is 17.1 Å². The largest absolute Gasteiger partial charge is 0.511 e. The van der Waals surface area contributed by atoms with Crippen molar-refractivity contribution in [2.75, 3.05) is 0 Å². The molecule has 2 fully saturated rings. The average molecular weight is 438 g/mol. The summed E-state index contributed by atoms with van der Waals surface area (Å²) >= 11 is 1.50. The number of ketones is 1. The molecule has 6 nitrogen and oxygen atoms in total. The summed E-state index contributed by atoms with van der Waals surface area (Å²) in [4.78, 5) is 38.1. The molecule has 2 aliphatic rings. The SMILES string of the molecule is CC(=O)/C=C/[C@]1(C)S[C@@H]2CC(=O)N2[C@H]1OC(=O)OC(c1ccccc1)c1ccccc1. The van der Waals surface area contributed by atoms with Gasteiger partial charge in [-0.2, -0.15) is 0 Å². The molecule has 2 aliphatic heterocycles. The number of fused-ring (bicyclic) bond motifs is 1. The van der Waals surface area contributed by atoms with Gasteiger partial charge >= 0.3 is 6.16 Å². The zero-order chi connectivity index (χ0) is 22.0. The molecule has 2 saturated heterocycles. The Bertz CT molecular complexity index is 970. The standard InChI is InChI=1S/C24H23NO5S/c1-16(26)13-14-24(2)22(25-19(27)15-20(25)31-24)30-23(28)29-21(17-9-5-3-6-10-17)18-11-7-4-8-12-18/h3-14,20-22H,15H2,1-2H3/b14-13+/t20-,22+,24+/m1/s1. The first-order chi connectivity index (χ1) is 14.9. The van der Waals surface area contributed by atoms with Crippen molar-refractivity contribution >= 4 is 29.6 Å². The first-order valence-electron chi connectivity index (χ1n) is 10.0. The molecule has 0 bridgehead atoms. The lowest BCUT2D eigenvalue weighted by atomic mass is 10.0. The topological polar surface area (TPSA) is 72.9 Å². The quantitative estimate of drug-likeness (QED) is 0.377. The zero-order valence-corrected chi connectivity index (χ0v) is 18.1. The molecular weight excluding hydrogens is 414 g/mol. The summed E-state index contributed by atoms with van der Waals surface area (Å²) in [6, 6.07) is 18.8. The zero-order valence-electron chi connectivity index (χ0n) is 17.3. The Morgan fingerprint density at radius 2 is 1.68 bits per heavy atom. The Kier molecular flexibility index (Phi) is 5.87.